The second-order valence-electron chi connectivity index (χ2n) is 6.33. The second kappa shape index (κ2) is 7.36. The predicted molar refractivity (Wildman–Crippen MR) is 96.1 cm³/mol. The van der Waals surface area contributed by atoms with Crippen molar-refractivity contribution in [2.75, 3.05) is 19.0 Å². The molecule has 0 amide bonds. The standard InChI is InChI=1S/C18H20FN5O3/c1-26-12-6-5-11(13(25)8-12)9-20-16-15-17(23-18(19)22-16)24(10-21-15)14-4-2-3-7-27-14/h5-6,8,10,14,25H,2-4,7,9H2,1H3,(H,20,22,23). The summed E-state index contributed by atoms with van der Waals surface area (Å²) >= 11 is 0. The molecule has 142 valence electrons. The fourth-order valence-electron chi connectivity index (χ4n) is 3.17. The summed E-state index contributed by atoms with van der Waals surface area (Å²) in [4.78, 5) is 12.1. The number of aromatic hydroxyl groups is 1. The van der Waals surface area contributed by atoms with E-state index in [1.165, 1.54) is 13.2 Å². The average molecular weight is 373 g/mol. The maximum atomic E-state index is 14.0. The number of nitrogens with one attached hydrogen (secondary N) is 1. The van der Waals surface area contributed by atoms with Crippen LogP contribution in [0, 0.1) is 6.08 Å². The van der Waals surface area contributed by atoms with Gasteiger partial charge in [-0.3, -0.25) is 4.57 Å². The zero-order chi connectivity index (χ0) is 18.8. The van der Waals surface area contributed by atoms with Crippen molar-refractivity contribution in [2.24, 2.45) is 0 Å². The van der Waals surface area contributed by atoms with Crippen LogP contribution in [0.25, 0.3) is 11.2 Å². The third kappa shape index (κ3) is 3.50. The van der Waals surface area contributed by atoms with Crippen molar-refractivity contribution < 1.29 is 19.0 Å². The highest BCUT2D eigenvalue weighted by Gasteiger charge is 2.21. The topological polar surface area (TPSA) is 94.3 Å². The van der Waals surface area contributed by atoms with Crippen molar-refractivity contribution in [2.45, 2.75) is 32.0 Å². The molecule has 0 aliphatic carbocycles. The molecule has 1 aliphatic heterocycles. The minimum atomic E-state index is -0.846. The van der Waals surface area contributed by atoms with Gasteiger partial charge in [-0.1, -0.05) is 0 Å². The van der Waals surface area contributed by atoms with Crippen LogP contribution >= 0.6 is 0 Å². The van der Waals surface area contributed by atoms with Crippen molar-refractivity contribution in [1.82, 2.24) is 19.5 Å². The third-order valence-corrected chi connectivity index (χ3v) is 4.60. The summed E-state index contributed by atoms with van der Waals surface area (Å²) in [5.41, 5.74) is 1.47. The van der Waals surface area contributed by atoms with E-state index in [1.54, 1.807) is 23.0 Å². The second-order valence-corrected chi connectivity index (χ2v) is 6.33. The van der Waals surface area contributed by atoms with Crippen LogP contribution < -0.4 is 10.1 Å². The van der Waals surface area contributed by atoms with E-state index in [9.17, 15) is 9.50 Å². The lowest BCUT2D eigenvalue weighted by Crippen LogP contribution is -2.18. The quantitative estimate of drug-likeness (QED) is 0.664. The number of phenolic OH excluding ortho intramolecular Hbond substituents is 1. The van der Waals surface area contributed by atoms with Gasteiger partial charge in [0.05, 0.1) is 13.4 Å². The van der Waals surface area contributed by atoms with E-state index in [1.807, 2.05) is 0 Å². The van der Waals surface area contributed by atoms with Gasteiger partial charge in [-0.15, -0.1) is 0 Å². The number of imidazole rings is 1. The molecule has 9 heteroatoms. The maximum Gasteiger partial charge on any atom is 0.312 e. The first kappa shape index (κ1) is 17.5. The first-order valence-electron chi connectivity index (χ1n) is 8.77. The van der Waals surface area contributed by atoms with Crippen LogP contribution in [0.1, 0.15) is 31.1 Å². The molecule has 3 aromatic rings. The normalized spacial score (nSPS) is 17.2. The number of phenols is 1. The minimum Gasteiger partial charge on any atom is -0.507 e. The Morgan fingerprint density at radius 1 is 1.37 bits per heavy atom. The van der Waals surface area contributed by atoms with E-state index >= 15 is 0 Å². The van der Waals surface area contributed by atoms with Gasteiger partial charge in [0.1, 0.15) is 17.7 Å². The molecule has 27 heavy (non-hydrogen) atoms. The Morgan fingerprint density at radius 3 is 3.00 bits per heavy atom. The molecule has 4 rings (SSSR count). The Hall–Kier alpha value is -2.94. The van der Waals surface area contributed by atoms with E-state index in [0.29, 0.717) is 29.1 Å². The summed E-state index contributed by atoms with van der Waals surface area (Å²) in [7, 11) is 1.53. The van der Waals surface area contributed by atoms with E-state index in [0.717, 1.165) is 19.3 Å². The Balaban J connectivity index is 1.61. The number of hydrogen-bond acceptors (Lipinski definition) is 7. The maximum absolute atomic E-state index is 14.0. The molecule has 0 saturated carbocycles. The monoisotopic (exact) mass is 373 g/mol. The number of fused-ring (bicyclic) bond motifs is 1. The number of benzene rings is 1. The van der Waals surface area contributed by atoms with Crippen molar-refractivity contribution >= 4 is 17.0 Å². The van der Waals surface area contributed by atoms with Gasteiger partial charge < -0.3 is 19.9 Å². The molecule has 1 saturated heterocycles. The molecular weight excluding hydrogens is 353 g/mol. The van der Waals surface area contributed by atoms with Crippen molar-refractivity contribution in [3.63, 3.8) is 0 Å². The molecule has 1 aromatic carbocycles. The Morgan fingerprint density at radius 2 is 2.26 bits per heavy atom. The molecule has 8 nitrogen and oxygen atoms in total. The SMILES string of the molecule is COc1ccc(CNc2nc(F)nc3c2ncn3C2CCCCO2)c(O)c1. The Bertz CT molecular complexity index is 956. The van der Waals surface area contributed by atoms with Crippen LogP contribution in [0.3, 0.4) is 0 Å². The highest BCUT2D eigenvalue weighted by atomic mass is 19.1. The van der Waals surface area contributed by atoms with Gasteiger partial charge in [0.25, 0.3) is 0 Å². The number of ether oxygens (including phenoxy) is 2. The number of methoxy groups -OCH3 is 1. The van der Waals surface area contributed by atoms with Crippen LogP contribution in [0.4, 0.5) is 10.2 Å². The predicted octanol–water partition coefficient (Wildman–Crippen LogP) is 2.99. The Kier molecular flexibility index (Phi) is 4.76. The third-order valence-electron chi connectivity index (χ3n) is 4.60. The van der Waals surface area contributed by atoms with Gasteiger partial charge >= 0.3 is 6.08 Å². The number of anilines is 1. The van der Waals surface area contributed by atoms with E-state index in [2.05, 4.69) is 20.3 Å². The highest BCUT2D eigenvalue weighted by molar-refractivity contribution is 5.82. The minimum absolute atomic E-state index is 0.0776. The van der Waals surface area contributed by atoms with Crippen molar-refractivity contribution in [3.8, 4) is 11.5 Å². The molecule has 1 aliphatic rings. The van der Waals surface area contributed by atoms with Gasteiger partial charge in [-0.25, -0.2) is 4.98 Å². The molecule has 2 aromatic heterocycles. The van der Waals surface area contributed by atoms with E-state index < -0.39 is 6.08 Å². The summed E-state index contributed by atoms with van der Waals surface area (Å²) in [5.74, 6) is 0.897. The van der Waals surface area contributed by atoms with Gasteiger partial charge in [-0.05, 0) is 31.4 Å². The first-order chi connectivity index (χ1) is 13.2. The van der Waals surface area contributed by atoms with Gasteiger partial charge in [0.15, 0.2) is 17.0 Å². The van der Waals surface area contributed by atoms with Crippen LogP contribution in [-0.4, -0.2) is 38.3 Å². The van der Waals surface area contributed by atoms with Gasteiger partial charge in [-0.2, -0.15) is 14.4 Å². The lowest BCUT2D eigenvalue weighted by molar-refractivity contribution is -0.0298. The van der Waals surface area contributed by atoms with Crippen molar-refractivity contribution in [1.29, 1.82) is 0 Å². The summed E-state index contributed by atoms with van der Waals surface area (Å²) in [6, 6.07) is 4.98. The van der Waals surface area contributed by atoms with E-state index in [-0.39, 0.29) is 24.3 Å². The molecule has 1 fully saturated rings. The number of hydrogen-bond donors (Lipinski definition) is 2. The zero-order valence-corrected chi connectivity index (χ0v) is 14.9. The summed E-state index contributed by atoms with van der Waals surface area (Å²) in [6.07, 6.45) is 3.45. The number of aromatic nitrogens is 4. The van der Waals surface area contributed by atoms with Crippen molar-refractivity contribution in [3.05, 3.63) is 36.2 Å². The number of nitrogens with zero attached hydrogens (tertiary/aromatic N) is 4. The molecule has 0 spiro atoms. The zero-order valence-electron chi connectivity index (χ0n) is 14.9. The van der Waals surface area contributed by atoms with Gasteiger partial charge in [0.2, 0.25) is 0 Å². The van der Waals surface area contributed by atoms with Crippen LogP contribution in [0.5, 0.6) is 11.5 Å². The smallest absolute Gasteiger partial charge is 0.312 e. The largest absolute Gasteiger partial charge is 0.507 e. The molecule has 1 unspecified atom stereocenters. The summed E-state index contributed by atoms with van der Waals surface area (Å²) in [5, 5.41) is 13.1. The highest BCUT2D eigenvalue weighted by Crippen LogP contribution is 2.29. The molecule has 2 N–H and O–H groups in total. The molecule has 0 radical (unpaired) electrons. The fraction of sp³-hybridized carbons (Fsp3) is 0.389. The Labute approximate surface area is 155 Å². The average Bonchev–Trinajstić information content (AvgIpc) is 3.11. The lowest BCUT2D eigenvalue weighted by atomic mass is 10.2. The fourth-order valence-corrected chi connectivity index (χ4v) is 3.17. The lowest BCUT2D eigenvalue weighted by Gasteiger charge is -2.23. The molecule has 1 atom stereocenters. The van der Waals surface area contributed by atoms with Crippen LogP contribution in [0.2, 0.25) is 0 Å². The van der Waals surface area contributed by atoms with Gasteiger partial charge in [0, 0.05) is 24.8 Å². The van der Waals surface area contributed by atoms with E-state index in [4.69, 9.17) is 9.47 Å². The summed E-state index contributed by atoms with van der Waals surface area (Å²) in [6.45, 7) is 0.911. The number of halogens is 1. The number of rotatable bonds is 5. The first-order valence-corrected chi connectivity index (χ1v) is 8.77. The summed E-state index contributed by atoms with van der Waals surface area (Å²) < 4.78 is 26.6. The molecule has 0 bridgehead atoms. The van der Waals surface area contributed by atoms with Crippen LogP contribution in [-0.2, 0) is 11.3 Å². The molecule has 3 heterocycles. The molecular formula is C18H20FN5O3. The van der Waals surface area contributed by atoms with Crippen LogP contribution in [0.15, 0.2) is 24.5 Å².